The second-order valence-corrected chi connectivity index (χ2v) is 8.50. The molecule has 0 spiro atoms. The van der Waals surface area contributed by atoms with Crippen LogP contribution in [0.5, 0.6) is 5.75 Å². The van der Waals surface area contributed by atoms with Crippen molar-refractivity contribution in [2.45, 2.75) is 33.2 Å². The zero-order chi connectivity index (χ0) is 19.3. The van der Waals surface area contributed by atoms with Crippen molar-refractivity contribution < 1.29 is 4.74 Å². The third-order valence-electron chi connectivity index (χ3n) is 5.40. The SMILES string of the molecule is CCOc1cccc(-c2cccc(-c3nc(CN4CCC(C)CC4)cs3)c2)c1. The molecule has 1 aliphatic rings. The van der Waals surface area contributed by atoms with Crippen LogP contribution in [0.2, 0.25) is 0 Å². The smallest absolute Gasteiger partial charge is 0.123 e. The van der Waals surface area contributed by atoms with Crippen LogP contribution in [0.15, 0.2) is 53.9 Å². The second kappa shape index (κ2) is 8.89. The number of rotatable bonds is 6. The van der Waals surface area contributed by atoms with Crippen molar-refractivity contribution in [1.29, 1.82) is 0 Å². The number of hydrogen-bond acceptors (Lipinski definition) is 4. The van der Waals surface area contributed by atoms with Crippen LogP contribution in [0.3, 0.4) is 0 Å². The van der Waals surface area contributed by atoms with Crippen LogP contribution in [0.4, 0.5) is 0 Å². The molecule has 0 radical (unpaired) electrons. The first-order valence-electron chi connectivity index (χ1n) is 10.2. The van der Waals surface area contributed by atoms with E-state index in [0.717, 1.165) is 23.2 Å². The van der Waals surface area contributed by atoms with E-state index >= 15 is 0 Å². The van der Waals surface area contributed by atoms with E-state index < -0.39 is 0 Å². The van der Waals surface area contributed by atoms with Gasteiger partial charge in [0, 0.05) is 17.5 Å². The molecule has 1 saturated heterocycles. The van der Waals surface area contributed by atoms with Crippen molar-refractivity contribution in [2.24, 2.45) is 5.92 Å². The highest BCUT2D eigenvalue weighted by atomic mass is 32.1. The molecule has 4 heteroatoms. The van der Waals surface area contributed by atoms with Gasteiger partial charge in [-0.3, -0.25) is 4.90 Å². The summed E-state index contributed by atoms with van der Waals surface area (Å²) in [5, 5.41) is 3.32. The van der Waals surface area contributed by atoms with Crippen LogP contribution < -0.4 is 4.74 Å². The molecule has 2 heterocycles. The highest BCUT2D eigenvalue weighted by Crippen LogP contribution is 2.30. The Hall–Kier alpha value is -2.17. The lowest BCUT2D eigenvalue weighted by Gasteiger charge is -2.29. The monoisotopic (exact) mass is 392 g/mol. The molecule has 3 nitrogen and oxygen atoms in total. The van der Waals surface area contributed by atoms with E-state index in [2.05, 4.69) is 53.6 Å². The van der Waals surface area contributed by atoms with E-state index in [1.165, 1.54) is 48.3 Å². The van der Waals surface area contributed by atoms with Gasteiger partial charge >= 0.3 is 0 Å². The van der Waals surface area contributed by atoms with E-state index in [1.54, 1.807) is 11.3 Å². The number of aromatic nitrogens is 1. The van der Waals surface area contributed by atoms with Crippen molar-refractivity contribution in [2.75, 3.05) is 19.7 Å². The number of ether oxygens (including phenoxy) is 1. The molecule has 1 fully saturated rings. The highest BCUT2D eigenvalue weighted by molar-refractivity contribution is 7.13. The summed E-state index contributed by atoms with van der Waals surface area (Å²) in [6.45, 7) is 8.41. The van der Waals surface area contributed by atoms with Gasteiger partial charge in [0.25, 0.3) is 0 Å². The Morgan fingerprint density at radius 3 is 2.54 bits per heavy atom. The molecule has 146 valence electrons. The maximum atomic E-state index is 5.65. The summed E-state index contributed by atoms with van der Waals surface area (Å²) in [6.07, 6.45) is 2.61. The predicted molar refractivity (Wildman–Crippen MR) is 118 cm³/mol. The molecule has 2 aromatic carbocycles. The van der Waals surface area contributed by atoms with Gasteiger partial charge < -0.3 is 4.74 Å². The lowest BCUT2D eigenvalue weighted by molar-refractivity contribution is 0.184. The third-order valence-corrected chi connectivity index (χ3v) is 6.34. The average Bonchev–Trinajstić information content (AvgIpc) is 3.19. The quantitative estimate of drug-likeness (QED) is 0.506. The Morgan fingerprint density at radius 1 is 1.04 bits per heavy atom. The molecular formula is C24H28N2OS. The van der Waals surface area contributed by atoms with E-state index in [-0.39, 0.29) is 0 Å². The number of nitrogens with zero attached hydrogens (tertiary/aromatic N) is 2. The molecule has 0 N–H and O–H groups in total. The predicted octanol–water partition coefficient (Wildman–Crippen LogP) is 6.11. The molecular weight excluding hydrogens is 364 g/mol. The van der Waals surface area contributed by atoms with Crippen LogP contribution in [0, 0.1) is 5.92 Å². The molecule has 4 rings (SSSR count). The fourth-order valence-electron chi connectivity index (χ4n) is 3.73. The first-order chi connectivity index (χ1) is 13.7. The molecule has 28 heavy (non-hydrogen) atoms. The van der Waals surface area contributed by atoms with Crippen LogP contribution >= 0.6 is 11.3 Å². The highest BCUT2D eigenvalue weighted by Gasteiger charge is 2.17. The number of hydrogen-bond donors (Lipinski definition) is 0. The van der Waals surface area contributed by atoms with Gasteiger partial charge in [0.1, 0.15) is 10.8 Å². The van der Waals surface area contributed by atoms with Gasteiger partial charge in [-0.1, -0.05) is 37.3 Å². The van der Waals surface area contributed by atoms with E-state index in [0.29, 0.717) is 6.61 Å². The fraction of sp³-hybridized carbons (Fsp3) is 0.375. The molecule has 0 unspecified atom stereocenters. The molecule has 3 aromatic rings. The molecule has 1 aromatic heterocycles. The van der Waals surface area contributed by atoms with Crippen LogP contribution in [-0.2, 0) is 6.54 Å². The summed E-state index contributed by atoms with van der Waals surface area (Å²) >= 11 is 1.74. The van der Waals surface area contributed by atoms with E-state index in [1.807, 2.05) is 19.1 Å². The van der Waals surface area contributed by atoms with Gasteiger partial charge in [-0.05, 0) is 68.1 Å². The Bertz CT molecular complexity index is 912. The minimum atomic E-state index is 0.682. The molecule has 0 bridgehead atoms. The van der Waals surface area contributed by atoms with E-state index in [9.17, 15) is 0 Å². The van der Waals surface area contributed by atoms with Gasteiger partial charge in [-0.2, -0.15) is 0 Å². The number of thiazole rings is 1. The van der Waals surface area contributed by atoms with Crippen LogP contribution in [0.1, 0.15) is 32.4 Å². The maximum absolute atomic E-state index is 5.65. The van der Waals surface area contributed by atoms with Gasteiger partial charge in [0.15, 0.2) is 0 Å². The van der Waals surface area contributed by atoms with Crippen molar-refractivity contribution in [1.82, 2.24) is 9.88 Å². The molecule has 0 saturated carbocycles. The van der Waals surface area contributed by atoms with Gasteiger partial charge in [0.05, 0.1) is 12.3 Å². The first-order valence-corrected chi connectivity index (χ1v) is 11.1. The zero-order valence-electron chi connectivity index (χ0n) is 16.7. The number of piperidine rings is 1. The molecule has 0 atom stereocenters. The largest absolute Gasteiger partial charge is 0.494 e. The summed E-state index contributed by atoms with van der Waals surface area (Å²) in [4.78, 5) is 7.46. The van der Waals surface area contributed by atoms with Crippen molar-refractivity contribution in [3.63, 3.8) is 0 Å². The van der Waals surface area contributed by atoms with Crippen molar-refractivity contribution in [3.05, 3.63) is 59.6 Å². The minimum absolute atomic E-state index is 0.682. The Kier molecular flexibility index (Phi) is 6.08. The summed E-state index contributed by atoms with van der Waals surface area (Å²) in [7, 11) is 0. The van der Waals surface area contributed by atoms with Crippen molar-refractivity contribution >= 4 is 11.3 Å². The Balaban J connectivity index is 1.50. The molecule has 1 aliphatic heterocycles. The van der Waals surface area contributed by atoms with Crippen LogP contribution in [0.25, 0.3) is 21.7 Å². The molecule has 0 aliphatic carbocycles. The lowest BCUT2D eigenvalue weighted by atomic mass is 9.99. The van der Waals surface area contributed by atoms with Gasteiger partial charge in [0.2, 0.25) is 0 Å². The topological polar surface area (TPSA) is 25.4 Å². The normalized spacial score (nSPS) is 15.6. The Morgan fingerprint density at radius 2 is 1.75 bits per heavy atom. The average molecular weight is 393 g/mol. The summed E-state index contributed by atoms with van der Waals surface area (Å²) < 4.78 is 5.65. The lowest BCUT2D eigenvalue weighted by Crippen LogP contribution is -2.32. The summed E-state index contributed by atoms with van der Waals surface area (Å²) in [5.74, 6) is 1.78. The van der Waals surface area contributed by atoms with Gasteiger partial charge in [-0.15, -0.1) is 11.3 Å². The fourth-order valence-corrected chi connectivity index (χ4v) is 4.53. The standard InChI is InChI=1S/C24H28N2OS/c1-3-27-23-9-5-7-20(15-23)19-6-4-8-21(14-19)24-25-22(17-28-24)16-26-12-10-18(2)11-13-26/h4-9,14-15,17-18H,3,10-13,16H2,1-2H3. The number of benzene rings is 2. The Labute approximate surface area is 172 Å². The summed E-state index contributed by atoms with van der Waals surface area (Å²) in [6, 6.07) is 16.9. The maximum Gasteiger partial charge on any atom is 0.123 e. The number of likely N-dealkylation sites (tertiary alicyclic amines) is 1. The second-order valence-electron chi connectivity index (χ2n) is 7.64. The van der Waals surface area contributed by atoms with Crippen LogP contribution in [-0.4, -0.2) is 29.6 Å². The van der Waals surface area contributed by atoms with Gasteiger partial charge in [-0.25, -0.2) is 4.98 Å². The first kappa shape index (κ1) is 19.2. The van der Waals surface area contributed by atoms with E-state index in [4.69, 9.17) is 9.72 Å². The zero-order valence-corrected chi connectivity index (χ0v) is 17.5. The summed E-state index contributed by atoms with van der Waals surface area (Å²) in [5.41, 5.74) is 4.74. The minimum Gasteiger partial charge on any atom is -0.494 e. The molecule has 0 amide bonds. The van der Waals surface area contributed by atoms with Crippen molar-refractivity contribution in [3.8, 4) is 27.4 Å². The third kappa shape index (κ3) is 4.62.